The van der Waals surface area contributed by atoms with Crippen molar-refractivity contribution in [2.45, 2.75) is 40.0 Å². The maximum Gasteiger partial charge on any atom is -1.00 e. The van der Waals surface area contributed by atoms with Gasteiger partial charge in [-0.3, -0.25) is 0 Å². The summed E-state index contributed by atoms with van der Waals surface area (Å²) in [7, 11) is 0. The number of hydrogen-bond donors (Lipinski definition) is 0. The molecule has 0 aliphatic heterocycles. The van der Waals surface area contributed by atoms with Crippen LogP contribution in [0, 0.1) is 11.8 Å². The molecule has 0 aromatic heterocycles. The van der Waals surface area contributed by atoms with Gasteiger partial charge < -0.3 is 24.8 Å². The van der Waals surface area contributed by atoms with Crippen molar-refractivity contribution in [3.63, 3.8) is 0 Å². The van der Waals surface area contributed by atoms with Gasteiger partial charge in [-0.05, 0) is 0 Å². The molecule has 3 rings (SSSR count). The van der Waals surface area contributed by atoms with Gasteiger partial charge in [0.2, 0.25) is 0 Å². The van der Waals surface area contributed by atoms with E-state index in [1.54, 1.807) is 26.2 Å². The van der Waals surface area contributed by atoms with Crippen molar-refractivity contribution in [2.24, 2.45) is 11.8 Å². The molecule has 0 radical (unpaired) electrons. The van der Waals surface area contributed by atoms with E-state index in [2.05, 4.69) is 53.4 Å². The van der Waals surface area contributed by atoms with Crippen molar-refractivity contribution in [1.82, 2.24) is 0 Å². The summed E-state index contributed by atoms with van der Waals surface area (Å²) >= 11 is 2.37. The summed E-state index contributed by atoms with van der Waals surface area (Å²) in [6.07, 6.45) is 8.47. The Morgan fingerprint density at radius 3 is 2.21 bits per heavy atom. The molecular formula is C16H19Cl2Ti. The second-order valence-electron chi connectivity index (χ2n) is 5.73. The Morgan fingerprint density at radius 2 is 1.84 bits per heavy atom. The zero-order valence-electron chi connectivity index (χ0n) is 11.7. The van der Waals surface area contributed by atoms with Crippen LogP contribution in [0.4, 0.5) is 0 Å². The maximum atomic E-state index is 2.37. The van der Waals surface area contributed by atoms with E-state index in [1.165, 1.54) is 24.8 Å². The van der Waals surface area contributed by atoms with Crippen LogP contribution >= 0.6 is 0 Å². The van der Waals surface area contributed by atoms with Crippen LogP contribution in [0.2, 0.25) is 0 Å². The van der Waals surface area contributed by atoms with Gasteiger partial charge in [-0.25, -0.2) is 0 Å². The van der Waals surface area contributed by atoms with Gasteiger partial charge in [-0.2, -0.15) is 0 Å². The molecule has 0 saturated carbocycles. The number of rotatable bonds is 2. The monoisotopic (exact) mass is 329 g/mol. The topological polar surface area (TPSA) is 0 Å². The number of allylic oxidation sites excluding steroid dienone is 8. The van der Waals surface area contributed by atoms with Crippen LogP contribution in [0.15, 0.2) is 43.9 Å². The van der Waals surface area contributed by atoms with Gasteiger partial charge in [-0.1, -0.05) is 0 Å². The minimum absolute atomic E-state index is 0. The summed E-state index contributed by atoms with van der Waals surface area (Å²) in [6.45, 7) is 6.97. The van der Waals surface area contributed by atoms with Crippen LogP contribution in [0.5, 0.6) is 0 Å². The zero-order valence-corrected chi connectivity index (χ0v) is 14.8. The second kappa shape index (κ2) is 6.35. The minimum Gasteiger partial charge on any atom is -1.00 e. The Kier molecular flexibility index (Phi) is 5.78. The first kappa shape index (κ1) is 17.3. The van der Waals surface area contributed by atoms with Gasteiger partial charge >= 0.3 is 116 Å². The summed E-state index contributed by atoms with van der Waals surface area (Å²) in [4.78, 5) is 0. The third-order valence-electron chi connectivity index (χ3n) is 4.42. The Bertz CT molecular complexity index is 507. The SMILES string of the molecule is CC1=C(C2[C]([Ti+2])=C(C(C)C)C3=C2CC3)CC=C1.[Cl-].[Cl-]. The van der Waals surface area contributed by atoms with Gasteiger partial charge in [0.15, 0.2) is 0 Å². The van der Waals surface area contributed by atoms with Gasteiger partial charge in [0, 0.05) is 0 Å². The van der Waals surface area contributed by atoms with Crippen molar-refractivity contribution in [3.05, 3.63) is 43.9 Å². The molecule has 3 heteroatoms. The molecule has 0 bridgehead atoms. The van der Waals surface area contributed by atoms with Crippen molar-refractivity contribution < 1.29 is 45.2 Å². The Morgan fingerprint density at radius 1 is 1.16 bits per heavy atom. The fourth-order valence-electron chi connectivity index (χ4n) is 3.53. The average molecular weight is 330 g/mol. The van der Waals surface area contributed by atoms with E-state index in [1.807, 2.05) is 0 Å². The fourth-order valence-corrected chi connectivity index (χ4v) is 4.76. The van der Waals surface area contributed by atoms with Crippen molar-refractivity contribution >= 4 is 0 Å². The first-order chi connectivity index (χ1) is 8.11. The summed E-state index contributed by atoms with van der Waals surface area (Å²) in [5.41, 5.74) is 8.34. The van der Waals surface area contributed by atoms with Crippen LogP contribution in [-0.4, -0.2) is 0 Å². The number of halogens is 2. The molecule has 0 aromatic rings. The largest absolute Gasteiger partial charge is 1.00 e. The third-order valence-corrected chi connectivity index (χ3v) is 5.29. The molecule has 1 unspecified atom stereocenters. The molecule has 19 heavy (non-hydrogen) atoms. The average Bonchev–Trinajstić information content (AvgIpc) is 2.71. The molecule has 3 aliphatic rings. The Hall–Kier alpha value is 0.254. The van der Waals surface area contributed by atoms with Crippen LogP contribution in [0.25, 0.3) is 0 Å². The van der Waals surface area contributed by atoms with Gasteiger partial charge in [0.05, 0.1) is 0 Å². The van der Waals surface area contributed by atoms with Crippen LogP contribution < -0.4 is 24.8 Å². The normalized spacial score (nSPS) is 24.6. The van der Waals surface area contributed by atoms with E-state index in [0.717, 1.165) is 0 Å². The predicted octanol–water partition coefficient (Wildman–Crippen LogP) is -1.55. The molecule has 0 heterocycles. The summed E-state index contributed by atoms with van der Waals surface area (Å²) in [6, 6.07) is 0. The van der Waals surface area contributed by atoms with E-state index in [4.69, 9.17) is 0 Å². The molecule has 0 amide bonds. The van der Waals surface area contributed by atoms with E-state index >= 15 is 0 Å². The van der Waals surface area contributed by atoms with Crippen LogP contribution in [-0.2, 0) is 20.4 Å². The minimum atomic E-state index is 0. The van der Waals surface area contributed by atoms with Crippen LogP contribution in [0.3, 0.4) is 0 Å². The quantitative estimate of drug-likeness (QED) is 0.538. The fraction of sp³-hybridized carbons (Fsp3) is 0.500. The van der Waals surface area contributed by atoms with E-state index < -0.39 is 0 Å². The molecule has 1 atom stereocenters. The third kappa shape index (κ3) is 2.58. The Labute approximate surface area is 140 Å². The first-order valence-electron chi connectivity index (χ1n) is 6.65. The van der Waals surface area contributed by atoms with Crippen molar-refractivity contribution in [1.29, 1.82) is 0 Å². The molecule has 0 saturated heterocycles. The maximum absolute atomic E-state index is 2.37. The first-order valence-corrected chi connectivity index (χ1v) is 7.43. The summed E-state index contributed by atoms with van der Waals surface area (Å²) < 4.78 is 1.65. The Balaban J connectivity index is 0.000000902. The molecule has 0 spiro atoms. The smallest absolute Gasteiger partial charge is 1.00 e. The molecule has 101 valence electrons. The van der Waals surface area contributed by atoms with Gasteiger partial charge in [0.25, 0.3) is 0 Å². The summed E-state index contributed by atoms with van der Waals surface area (Å²) in [5, 5.41) is 0. The van der Waals surface area contributed by atoms with E-state index in [-0.39, 0.29) is 24.8 Å². The van der Waals surface area contributed by atoms with Gasteiger partial charge in [-0.15, -0.1) is 0 Å². The summed E-state index contributed by atoms with van der Waals surface area (Å²) in [5.74, 6) is 1.37. The molecule has 0 aromatic carbocycles. The number of hydrogen-bond acceptors (Lipinski definition) is 0. The second-order valence-corrected chi connectivity index (χ2v) is 6.57. The molecular weight excluding hydrogens is 311 g/mol. The molecule has 0 N–H and O–H groups in total. The molecule has 0 nitrogen and oxygen atoms in total. The molecule has 3 aliphatic carbocycles. The van der Waals surface area contributed by atoms with Crippen molar-refractivity contribution in [3.8, 4) is 0 Å². The van der Waals surface area contributed by atoms with Crippen molar-refractivity contribution in [2.75, 3.05) is 0 Å². The van der Waals surface area contributed by atoms with E-state index in [0.29, 0.717) is 11.8 Å². The molecule has 0 fully saturated rings. The standard InChI is InChI=1S/C16H19.2ClH.Ti/c1-10(2)15-9-16(14-8-7-13(14)15)12-6-4-5-11(12)3;;;/h4-5,10,16H,6-8H2,1-3H3;2*1H;/q;;;+2/p-2. The predicted molar refractivity (Wildman–Crippen MR) is 68.1 cm³/mol. The zero-order chi connectivity index (χ0) is 12.2. The van der Waals surface area contributed by atoms with Gasteiger partial charge in [0.1, 0.15) is 0 Å². The van der Waals surface area contributed by atoms with E-state index in [9.17, 15) is 0 Å². The van der Waals surface area contributed by atoms with Crippen LogP contribution in [0.1, 0.15) is 40.0 Å².